The number of pyridine rings is 1. The van der Waals surface area contributed by atoms with E-state index in [0.29, 0.717) is 41.5 Å². The molecule has 3 atom stereocenters. The van der Waals surface area contributed by atoms with E-state index in [1.807, 2.05) is 11.0 Å². The van der Waals surface area contributed by atoms with Gasteiger partial charge in [0.05, 0.1) is 31.5 Å². The molecular formula is C31H39N5O8. The third-order valence-electron chi connectivity index (χ3n) is 8.70. The van der Waals surface area contributed by atoms with Gasteiger partial charge in [0, 0.05) is 57.8 Å². The molecule has 2 saturated heterocycles. The van der Waals surface area contributed by atoms with Gasteiger partial charge < -0.3 is 29.1 Å². The number of methoxy groups -OCH3 is 1. The van der Waals surface area contributed by atoms with Crippen LogP contribution < -0.4 is 19.1 Å². The van der Waals surface area contributed by atoms with E-state index in [1.165, 1.54) is 14.2 Å². The largest absolute Gasteiger partial charge is 0.493 e. The average Bonchev–Trinajstić information content (AvgIpc) is 3.64. The van der Waals surface area contributed by atoms with Crippen LogP contribution in [0.1, 0.15) is 44.1 Å². The van der Waals surface area contributed by atoms with Crippen LogP contribution in [0, 0.1) is 5.92 Å². The highest BCUT2D eigenvalue weighted by Crippen LogP contribution is 2.47. The lowest BCUT2D eigenvalue weighted by molar-refractivity contribution is -0.143. The summed E-state index contributed by atoms with van der Waals surface area (Å²) in [5, 5.41) is 10.6. The molecule has 236 valence electrons. The Morgan fingerprint density at radius 2 is 2.05 bits per heavy atom. The van der Waals surface area contributed by atoms with Gasteiger partial charge in [0.2, 0.25) is 24.4 Å². The van der Waals surface area contributed by atoms with Crippen LogP contribution in [0.5, 0.6) is 17.2 Å². The fraction of sp³-hybridized carbons (Fsp3) is 0.516. The first-order valence-electron chi connectivity index (χ1n) is 14.9. The van der Waals surface area contributed by atoms with E-state index in [4.69, 9.17) is 14.2 Å². The number of carboxylic acids is 1. The molecule has 5 rings (SSSR count). The van der Waals surface area contributed by atoms with Gasteiger partial charge in [-0.15, -0.1) is 0 Å². The molecule has 44 heavy (non-hydrogen) atoms. The first-order valence-corrected chi connectivity index (χ1v) is 14.9. The fourth-order valence-electron chi connectivity index (χ4n) is 6.35. The molecule has 1 aromatic carbocycles. The summed E-state index contributed by atoms with van der Waals surface area (Å²) in [4.78, 5) is 62.2. The zero-order valence-corrected chi connectivity index (χ0v) is 25.3. The number of urea groups is 1. The van der Waals surface area contributed by atoms with Crippen molar-refractivity contribution < 1.29 is 38.5 Å². The fourth-order valence-corrected chi connectivity index (χ4v) is 6.35. The van der Waals surface area contributed by atoms with E-state index >= 15 is 0 Å². The molecule has 1 unspecified atom stereocenters. The van der Waals surface area contributed by atoms with Crippen molar-refractivity contribution in [2.45, 2.75) is 44.6 Å². The SMILES string of the molecule is CCCCN(C(=O)CN1C[C@H](c2cc(OC)c3c(c2)OCO3)C(C(=O)O)[C@@H]1CCN1CCC(=O)N(C)C1=O)c1cccnc1. The molecule has 4 heterocycles. The summed E-state index contributed by atoms with van der Waals surface area (Å²) in [6, 6.07) is 6.19. The molecule has 13 nitrogen and oxygen atoms in total. The molecular weight excluding hydrogens is 570 g/mol. The summed E-state index contributed by atoms with van der Waals surface area (Å²) < 4.78 is 16.7. The van der Waals surface area contributed by atoms with Crippen LogP contribution in [0.4, 0.5) is 10.5 Å². The zero-order chi connectivity index (χ0) is 31.4. The molecule has 0 saturated carbocycles. The number of likely N-dealkylation sites (tertiary alicyclic amines) is 1. The highest BCUT2D eigenvalue weighted by atomic mass is 16.7. The van der Waals surface area contributed by atoms with Crippen LogP contribution in [0.15, 0.2) is 36.7 Å². The van der Waals surface area contributed by atoms with Gasteiger partial charge in [0.15, 0.2) is 11.5 Å². The van der Waals surface area contributed by atoms with Gasteiger partial charge in [-0.05, 0) is 42.7 Å². The number of carbonyl (C=O) groups excluding carboxylic acids is 3. The Morgan fingerprint density at radius 1 is 1.23 bits per heavy atom. The Hall–Kier alpha value is -4.39. The highest BCUT2D eigenvalue weighted by Gasteiger charge is 2.48. The number of carboxylic acid groups (broad SMARTS) is 1. The molecule has 4 amide bonds. The van der Waals surface area contributed by atoms with Crippen molar-refractivity contribution >= 4 is 29.5 Å². The number of hydrogen-bond donors (Lipinski definition) is 1. The number of amides is 4. The van der Waals surface area contributed by atoms with Crippen molar-refractivity contribution in [1.29, 1.82) is 0 Å². The number of hydrogen-bond acceptors (Lipinski definition) is 9. The number of rotatable bonds is 12. The first kappa shape index (κ1) is 31.0. The normalized spacial score (nSPS) is 21.6. The van der Waals surface area contributed by atoms with E-state index in [1.54, 1.807) is 40.4 Å². The summed E-state index contributed by atoms with van der Waals surface area (Å²) in [6.45, 7) is 3.38. The molecule has 0 spiro atoms. The van der Waals surface area contributed by atoms with Crippen molar-refractivity contribution in [2.24, 2.45) is 5.92 Å². The molecule has 0 radical (unpaired) electrons. The molecule has 2 fully saturated rings. The molecule has 2 aromatic rings. The molecule has 0 aliphatic carbocycles. The number of imide groups is 1. The summed E-state index contributed by atoms with van der Waals surface area (Å²) in [6.07, 6.45) is 5.50. The average molecular weight is 610 g/mol. The highest BCUT2D eigenvalue weighted by molar-refractivity contribution is 5.96. The van der Waals surface area contributed by atoms with Gasteiger partial charge in [0.25, 0.3) is 0 Å². The molecule has 3 aliphatic rings. The van der Waals surface area contributed by atoms with Crippen LogP contribution in [-0.2, 0) is 14.4 Å². The second-order valence-corrected chi connectivity index (χ2v) is 11.3. The lowest BCUT2D eigenvalue weighted by atomic mass is 9.84. The van der Waals surface area contributed by atoms with Crippen molar-refractivity contribution in [3.05, 3.63) is 42.2 Å². The van der Waals surface area contributed by atoms with E-state index in [-0.39, 0.29) is 51.2 Å². The molecule has 0 bridgehead atoms. The van der Waals surface area contributed by atoms with Crippen LogP contribution in [-0.4, -0.2) is 108 Å². The van der Waals surface area contributed by atoms with Crippen molar-refractivity contribution in [2.75, 3.05) is 58.6 Å². The molecule has 1 N–H and O–H groups in total. The lowest BCUT2D eigenvalue weighted by Crippen LogP contribution is -2.52. The minimum atomic E-state index is -1.00. The molecule has 1 aromatic heterocycles. The van der Waals surface area contributed by atoms with E-state index in [9.17, 15) is 24.3 Å². The van der Waals surface area contributed by atoms with Gasteiger partial charge in [-0.2, -0.15) is 0 Å². The Kier molecular flexibility index (Phi) is 9.52. The first-order chi connectivity index (χ1) is 21.2. The van der Waals surface area contributed by atoms with E-state index in [2.05, 4.69) is 11.9 Å². The minimum Gasteiger partial charge on any atom is -0.493 e. The Bertz CT molecular complexity index is 1390. The molecule has 13 heteroatoms. The minimum absolute atomic E-state index is 0.0163. The van der Waals surface area contributed by atoms with E-state index in [0.717, 1.165) is 17.7 Å². The topological polar surface area (TPSA) is 142 Å². The van der Waals surface area contributed by atoms with Gasteiger partial charge in [0.1, 0.15) is 0 Å². The quantitative estimate of drug-likeness (QED) is 0.382. The standard InChI is InChI=1S/C31H39N5O8/c1-4-5-11-36(21-7-6-10-32-16-21)27(38)18-35-17-22(20-14-24(42-3)29-25(15-20)43-19-44-29)28(30(39)40)23(35)8-12-34-13-9-26(37)33(2)31(34)41/h6-7,10,14-16,22-23,28H,4-5,8-9,11-13,17-19H2,1-3H3,(H,39,40)/t22-,23+,28?/m1/s1. The Labute approximate surface area is 256 Å². The monoisotopic (exact) mass is 609 g/mol. The Morgan fingerprint density at radius 3 is 2.75 bits per heavy atom. The third-order valence-corrected chi connectivity index (χ3v) is 8.70. The smallest absolute Gasteiger partial charge is 0.326 e. The van der Waals surface area contributed by atoms with Crippen molar-refractivity contribution in [1.82, 2.24) is 19.7 Å². The number of benzene rings is 1. The predicted octanol–water partition coefficient (Wildman–Crippen LogP) is 2.80. The second kappa shape index (κ2) is 13.5. The van der Waals surface area contributed by atoms with Gasteiger partial charge in [-0.25, -0.2) is 4.79 Å². The summed E-state index contributed by atoms with van der Waals surface area (Å²) in [5.74, 6) is -1.42. The number of nitrogens with zero attached hydrogens (tertiary/aromatic N) is 5. The van der Waals surface area contributed by atoms with Crippen LogP contribution in [0.3, 0.4) is 0 Å². The van der Waals surface area contributed by atoms with Gasteiger partial charge in [-0.3, -0.25) is 29.2 Å². The second-order valence-electron chi connectivity index (χ2n) is 11.3. The van der Waals surface area contributed by atoms with Crippen molar-refractivity contribution in [3.63, 3.8) is 0 Å². The molecule has 3 aliphatic heterocycles. The lowest BCUT2D eigenvalue weighted by Gasteiger charge is -2.34. The number of anilines is 1. The maximum Gasteiger partial charge on any atom is 0.326 e. The number of aliphatic carboxylic acids is 1. The number of fused-ring (bicyclic) bond motifs is 1. The number of ether oxygens (including phenoxy) is 3. The third kappa shape index (κ3) is 6.28. The maximum atomic E-state index is 13.9. The summed E-state index contributed by atoms with van der Waals surface area (Å²) >= 11 is 0. The Balaban J connectivity index is 1.46. The van der Waals surface area contributed by atoms with E-state index < -0.39 is 29.9 Å². The zero-order valence-electron chi connectivity index (χ0n) is 25.3. The number of carbonyl (C=O) groups is 4. The van der Waals surface area contributed by atoms with Crippen LogP contribution in [0.25, 0.3) is 0 Å². The van der Waals surface area contributed by atoms with Gasteiger partial charge in [-0.1, -0.05) is 13.3 Å². The maximum absolute atomic E-state index is 13.9. The number of aromatic nitrogens is 1. The predicted molar refractivity (Wildman–Crippen MR) is 159 cm³/mol. The van der Waals surface area contributed by atoms with Gasteiger partial charge >= 0.3 is 12.0 Å². The number of unbranched alkanes of at least 4 members (excludes halogenated alkanes) is 1. The summed E-state index contributed by atoms with van der Waals surface area (Å²) in [7, 11) is 2.96. The summed E-state index contributed by atoms with van der Waals surface area (Å²) in [5.41, 5.74) is 1.38. The van der Waals surface area contributed by atoms with Crippen LogP contribution in [0.2, 0.25) is 0 Å². The van der Waals surface area contributed by atoms with Crippen LogP contribution >= 0.6 is 0 Å². The van der Waals surface area contributed by atoms with Crippen molar-refractivity contribution in [3.8, 4) is 17.2 Å².